The maximum Gasteiger partial charge on any atom is 0.255 e. The first-order valence-corrected chi connectivity index (χ1v) is 11.4. The highest BCUT2D eigenvalue weighted by atomic mass is 32.2. The summed E-state index contributed by atoms with van der Waals surface area (Å²) in [5.41, 5.74) is 1.92. The highest BCUT2D eigenvalue weighted by molar-refractivity contribution is 8.15. The molecule has 0 saturated carbocycles. The molecule has 0 aliphatic carbocycles. The van der Waals surface area contributed by atoms with Crippen molar-refractivity contribution in [1.82, 2.24) is 0 Å². The normalized spacial score (nSPS) is 22.2. The summed E-state index contributed by atoms with van der Waals surface area (Å²) in [6.45, 7) is 0. The summed E-state index contributed by atoms with van der Waals surface area (Å²) in [7, 11) is -1.40. The third kappa shape index (κ3) is 4.00. The predicted octanol–water partition coefficient (Wildman–Crippen LogP) is 2.63. The van der Waals surface area contributed by atoms with Crippen molar-refractivity contribution in [3.05, 3.63) is 54.1 Å². The van der Waals surface area contributed by atoms with E-state index in [9.17, 15) is 13.2 Å². The second kappa shape index (κ2) is 7.48. The summed E-state index contributed by atoms with van der Waals surface area (Å²) in [5, 5.41) is 6.75. The molecule has 4 rings (SSSR count). The van der Waals surface area contributed by atoms with Crippen molar-refractivity contribution in [2.24, 2.45) is 4.99 Å². The quantitative estimate of drug-likeness (QED) is 0.794. The molecule has 2 heterocycles. The Morgan fingerprint density at radius 2 is 1.89 bits per heavy atom. The molecule has 9 heteroatoms. The van der Waals surface area contributed by atoms with Crippen LogP contribution in [0.4, 0.5) is 11.4 Å². The van der Waals surface area contributed by atoms with Gasteiger partial charge in [-0.15, -0.1) is 0 Å². The number of para-hydroxylation sites is 2. The molecule has 1 amide bonds. The van der Waals surface area contributed by atoms with Gasteiger partial charge in [-0.05, 0) is 36.4 Å². The zero-order valence-corrected chi connectivity index (χ0v) is 16.7. The molecule has 2 N–H and O–H groups in total. The number of sulfone groups is 1. The Morgan fingerprint density at radius 1 is 1.14 bits per heavy atom. The van der Waals surface area contributed by atoms with Crippen molar-refractivity contribution in [3.63, 3.8) is 0 Å². The summed E-state index contributed by atoms with van der Waals surface area (Å²) in [5.74, 6) is 0.665. The Hall–Kier alpha value is -2.52. The van der Waals surface area contributed by atoms with Crippen LogP contribution < -0.4 is 15.4 Å². The number of hydrogen-bond acceptors (Lipinski definition) is 7. The minimum absolute atomic E-state index is 0.00148. The molecule has 0 aromatic heterocycles. The maximum absolute atomic E-state index is 12.5. The summed E-state index contributed by atoms with van der Waals surface area (Å²) < 4.78 is 28.5. The average molecular weight is 418 g/mol. The third-order valence-corrected chi connectivity index (χ3v) is 7.71. The van der Waals surface area contributed by atoms with Crippen molar-refractivity contribution in [1.29, 1.82) is 0 Å². The number of methoxy groups -OCH3 is 1. The van der Waals surface area contributed by atoms with E-state index in [1.165, 1.54) is 11.8 Å². The van der Waals surface area contributed by atoms with Crippen LogP contribution in [0.5, 0.6) is 5.75 Å². The molecule has 0 unspecified atom stereocenters. The minimum Gasteiger partial charge on any atom is -0.495 e. The van der Waals surface area contributed by atoms with E-state index < -0.39 is 9.84 Å². The smallest absolute Gasteiger partial charge is 0.255 e. The SMILES string of the molecule is COc1ccccc1NC(=O)c1ccc(NC2=N[C@H]3CS(=O)(=O)C[C@H]3S2)cc1. The molecular weight excluding hydrogens is 398 g/mol. The van der Waals surface area contributed by atoms with E-state index in [0.717, 1.165) is 10.9 Å². The van der Waals surface area contributed by atoms with Crippen LogP contribution in [-0.4, -0.2) is 49.4 Å². The Labute approximate surface area is 167 Å². The van der Waals surface area contributed by atoms with Crippen molar-refractivity contribution < 1.29 is 17.9 Å². The summed E-state index contributed by atoms with van der Waals surface area (Å²) in [6.07, 6.45) is 0. The van der Waals surface area contributed by atoms with Crippen LogP contribution in [0.3, 0.4) is 0 Å². The number of carbonyl (C=O) groups excluding carboxylic acids is 1. The maximum atomic E-state index is 12.5. The number of nitrogens with zero attached hydrogens (tertiary/aromatic N) is 1. The fraction of sp³-hybridized carbons (Fsp3) is 0.263. The largest absolute Gasteiger partial charge is 0.495 e. The number of thioether (sulfide) groups is 1. The second-order valence-corrected chi connectivity index (χ2v) is 9.97. The van der Waals surface area contributed by atoms with Crippen LogP contribution >= 0.6 is 11.8 Å². The second-order valence-electron chi connectivity index (χ2n) is 6.59. The Bertz CT molecular complexity index is 1040. The zero-order valence-electron chi connectivity index (χ0n) is 15.1. The number of carbonyl (C=O) groups is 1. The van der Waals surface area contributed by atoms with E-state index in [4.69, 9.17) is 4.74 Å². The van der Waals surface area contributed by atoms with Gasteiger partial charge in [0.15, 0.2) is 15.0 Å². The first kappa shape index (κ1) is 18.8. The Balaban J connectivity index is 1.40. The lowest BCUT2D eigenvalue weighted by Crippen LogP contribution is -2.13. The monoisotopic (exact) mass is 417 g/mol. The number of nitrogens with one attached hydrogen (secondary N) is 2. The van der Waals surface area contributed by atoms with Gasteiger partial charge in [0.25, 0.3) is 5.91 Å². The number of aliphatic imine (C=N–C) groups is 1. The van der Waals surface area contributed by atoms with Gasteiger partial charge < -0.3 is 15.4 Å². The van der Waals surface area contributed by atoms with Crippen molar-refractivity contribution in [2.75, 3.05) is 29.2 Å². The highest BCUT2D eigenvalue weighted by Gasteiger charge is 2.42. The molecule has 0 spiro atoms. The number of amidine groups is 1. The summed E-state index contributed by atoms with van der Waals surface area (Å²) >= 11 is 1.46. The van der Waals surface area contributed by atoms with E-state index in [2.05, 4.69) is 15.6 Å². The first-order valence-electron chi connectivity index (χ1n) is 8.70. The molecule has 7 nitrogen and oxygen atoms in total. The van der Waals surface area contributed by atoms with Gasteiger partial charge in [0.1, 0.15) is 5.75 Å². The molecule has 28 heavy (non-hydrogen) atoms. The molecule has 0 radical (unpaired) electrons. The average Bonchev–Trinajstić information content (AvgIpc) is 3.15. The Morgan fingerprint density at radius 3 is 2.61 bits per heavy atom. The minimum atomic E-state index is -2.96. The van der Waals surface area contributed by atoms with Gasteiger partial charge in [0.2, 0.25) is 0 Å². The lowest BCUT2D eigenvalue weighted by atomic mass is 10.2. The van der Waals surface area contributed by atoms with Crippen LogP contribution in [0, 0.1) is 0 Å². The van der Waals surface area contributed by atoms with Gasteiger partial charge in [-0.2, -0.15) is 0 Å². The number of benzene rings is 2. The van der Waals surface area contributed by atoms with Gasteiger partial charge in [-0.1, -0.05) is 23.9 Å². The van der Waals surface area contributed by atoms with Gasteiger partial charge in [0.05, 0.1) is 30.3 Å². The highest BCUT2D eigenvalue weighted by Crippen LogP contribution is 2.34. The fourth-order valence-electron chi connectivity index (χ4n) is 3.19. The van der Waals surface area contributed by atoms with Crippen LogP contribution in [0.2, 0.25) is 0 Å². The predicted molar refractivity (Wildman–Crippen MR) is 112 cm³/mol. The fourth-order valence-corrected chi connectivity index (χ4v) is 6.86. The van der Waals surface area contributed by atoms with Crippen LogP contribution in [-0.2, 0) is 9.84 Å². The van der Waals surface area contributed by atoms with Gasteiger partial charge >= 0.3 is 0 Å². The van der Waals surface area contributed by atoms with Crippen LogP contribution in [0.1, 0.15) is 10.4 Å². The molecule has 2 aliphatic heterocycles. The summed E-state index contributed by atoms with van der Waals surface area (Å²) in [6, 6.07) is 14.1. The summed E-state index contributed by atoms with van der Waals surface area (Å²) in [4.78, 5) is 16.9. The molecule has 2 atom stereocenters. The Kier molecular flexibility index (Phi) is 5.03. The zero-order chi connectivity index (χ0) is 19.7. The van der Waals surface area contributed by atoms with Gasteiger partial charge in [-0.25, -0.2) is 8.42 Å². The number of amides is 1. The van der Waals surface area contributed by atoms with Gasteiger partial charge in [0, 0.05) is 16.5 Å². The standard InChI is InChI=1S/C19H19N3O4S2/c1-26-16-5-3-2-4-14(16)21-18(23)12-6-8-13(9-7-12)20-19-22-15-10-28(24,25)11-17(15)27-19/h2-9,15,17H,10-11H2,1H3,(H,20,22)(H,21,23)/t15-,17+/m0/s1. The van der Waals surface area contributed by atoms with Crippen molar-refractivity contribution >= 4 is 44.0 Å². The van der Waals surface area contributed by atoms with E-state index in [0.29, 0.717) is 17.0 Å². The lowest BCUT2D eigenvalue weighted by Gasteiger charge is -2.11. The molecule has 1 fully saturated rings. The van der Waals surface area contributed by atoms with Crippen LogP contribution in [0.25, 0.3) is 0 Å². The number of rotatable bonds is 4. The number of anilines is 2. The third-order valence-electron chi connectivity index (χ3n) is 4.57. The van der Waals surface area contributed by atoms with E-state index in [1.807, 2.05) is 12.1 Å². The van der Waals surface area contributed by atoms with Crippen molar-refractivity contribution in [2.45, 2.75) is 11.3 Å². The molecule has 2 aromatic rings. The topological polar surface area (TPSA) is 96.9 Å². The molecule has 2 aliphatic rings. The number of ether oxygens (including phenoxy) is 1. The lowest BCUT2D eigenvalue weighted by molar-refractivity contribution is 0.102. The molecule has 0 bridgehead atoms. The van der Waals surface area contributed by atoms with Crippen LogP contribution in [0.15, 0.2) is 53.5 Å². The van der Waals surface area contributed by atoms with E-state index in [1.54, 1.807) is 43.5 Å². The van der Waals surface area contributed by atoms with Crippen molar-refractivity contribution in [3.8, 4) is 5.75 Å². The number of hydrogen-bond donors (Lipinski definition) is 2. The molecule has 146 valence electrons. The molecular formula is C19H19N3O4S2. The van der Waals surface area contributed by atoms with E-state index in [-0.39, 0.29) is 28.7 Å². The van der Waals surface area contributed by atoms with Gasteiger partial charge in [-0.3, -0.25) is 9.79 Å². The number of fused-ring (bicyclic) bond motifs is 1. The molecule has 1 saturated heterocycles. The first-order chi connectivity index (χ1) is 13.4. The van der Waals surface area contributed by atoms with E-state index >= 15 is 0 Å². The molecule has 2 aromatic carbocycles.